The van der Waals surface area contributed by atoms with Crippen LogP contribution in [-0.4, -0.2) is 42.7 Å². The first-order valence-electron chi connectivity index (χ1n) is 8.46. The second kappa shape index (κ2) is 7.90. The molecule has 0 aliphatic carbocycles. The molecule has 27 heavy (non-hydrogen) atoms. The average Bonchev–Trinajstić information content (AvgIpc) is 3.05. The van der Waals surface area contributed by atoms with Gasteiger partial charge < -0.3 is 14.2 Å². The van der Waals surface area contributed by atoms with E-state index in [2.05, 4.69) is 0 Å². The summed E-state index contributed by atoms with van der Waals surface area (Å²) in [6, 6.07) is 14.1. The second-order valence-electron chi connectivity index (χ2n) is 5.82. The second-order valence-corrected chi connectivity index (χ2v) is 5.82. The number of amides is 2. The summed E-state index contributed by atoms with van der Waals surface area (Å²) in [5.74, 6) is -0.638. The molecule has 1 saturated heterocycles. The van der Waals surface area contributed by atoms with Crippen LogP contribution in [0, 0.1) is 0 Å². The number of nitrogens with zero attached hydrogens (tertiary/aromatic N) is 1. The van der Waals surface area contributed by atoms with E-state index >= 15 is 0 Å². The highest BCUT2D eigenvalue weighted by atomic mass is 16.6. The molecule has 0 saturated carbocycles. The van der Waals surface area contributed by atoms with Crippen molar-refractivity contribution in [3.05, 3.63) is 65.7 Å². The molecule has 7 nitrogen and oxygen atoms in total. The number of rotatable bonds is 5. The van der Waals surface area contributed by atoms with Crippen LogP contribution >= 0.6 is 0 Å². The van der Waals surface area contributed by atoms with Crippen molar-refractivity contribution < 1.29 is 28.6 Å². The van der Waals surface area contributed by atoms with Crippen LogP contribution in [0.5, 0.6) is 5.75 Å². The van der Waals surface area contributed by atoms with Gasteiger partial charge in [-0.3, -0.25) is 4.79 Å². The number of carbonyl (C=O) groups is 3. The molecule has 0 radical (unpaired) electrons. The van der Waals surface area contributed by atoms with Crippen LogP contribution in [0.4, 0.5) is 4.79 Å². The first kappa shape index (κ1) is 18.4. The molecular formula is C20H19NO6. The Kier molecular flexibility index (Phi) is 5.40. The topological polar surface area (TPSA) is 82.1 Å². The minimum atomic E-state index is -1.24. The Balaban J connectivity index is 2.02. The largest absolute Gasteiger partial charge is 0.497 e. The molecule has 0 N–H and O–H groups in total. The molecule has 0 bridgehead atoms. The Morgan fingerprint density at radius 2 is 1.74 bits per heavy atom. The minimum Gasteiger partial charge on any atom is -0.497 e. The zero-order valence-electron chi connectivity index (χ0n) is 15.0. The smallest absolute Gasteiger partial charge is 0.418 e. The van der Waals surface area contributed by atoms with Crippen molar-refractivity contribution in [3.8, 4) is 5.75 Å². The highest BCUT2D eigenvalue weighted by Gasteiger charge is 2.50. The van der Waals surface area contributed by atoms with Crippen LogP contribution in [0.15, 0.2) is 54.6 Å². The maximum Gasteiger partial charge on any atom is 0.418 e. The molecule has 1 fully saturated rings. The van der Waals surface area contributed by atoms with E-state index in [9.17, 15) is 14.4 Å². The maximum atomic E-state index is 12.9. The Morgan fingerprint density at radius 3 is 2.33 bits per heavy atom. The number of ether oxygens (including phenoxy) is 3. The summed E-state index contributed by atoms with van der Waals surface area (Å²) >= 11 is 0. The van der Waals surface area contributed by atoms with Crippen molar-refractivity contribution in [2.24, 2.45) is 0 Å². The molecule has 1 heterocycles. The van der Waals surface area contributed by atoms with Crippen molar-refractivity contribution in [1.82, 2.24) is 4.90 Å². The lowest BCUT2D eigenvalue weighted by Crippen LogP contribution is -2.37. The van der Waals surface area contributed by atoms with Crippen LogP contribution in [-0.2, 0) is 14.3 Å². The molecule has 0 unspecified atom stereocenters. The van der Waals surface area contributed by atoms with E-state index in [1.807, 2.05) is 0 Å². The van der Waals surface area contributed by atoms with Crippen molar-refractivity contribution in [1.29, 1.82) is 0 Å². The van der Waals surface area contributed by atoms with Gasteiger partial charge in [-0.05, 0) is 36.8 Å². The zero-order chi connectivity index (χ0) is 19.4. The lowest BCUT2D eigenvalue weighted by Gasteiger charge is -2.23. The molecule has 140 valence electrons. The summed E-state index contributed by atoms with van der Waals surface area (Å²) < 4.78 is 15.4. The third-order valence-corrected chi connectivity index (χ3v) is 4.21. The summed E-state index contributed by atoms with van der Waals surface area (Å²) in [5, 5.41) is 0. The van der Waals surface area contributed by atoms with Crippen LogP contribution in [0.1, 0.15) is 28.9 Å². The van der Waals surface area contributed by atoms with Crippen LogP contribution in [0.2, 0.25) is 0 Å². The quantitative estimate of drug-likeness (QED) is 0.754. The number of hydrogen-bond acceptors (Lipinski definition) is 6. The number of imide groups is 1. The highest BCUT2D eigenvalue weighted by molar-refractivity contribution is 6.05. The number of benzene rings is 2. The van der Waals surface area contributed by atoms with Gasteiger partial charge in [0.15, 0.2) is 0 Å². The predicted octanol–water partition coefficient (Wildman–Crippen LogP) is 2.96. The number of cyclic esters (lactones) is 1. The zero-order valence-corrected chi connectivity index (χ0v) is 15.0. The third kappa shape index (κ3) is 3.62. The van der Waals surface area contributed by atoms with Gasteiger partial charge in [0.25, 0.3) is 5.91 Å². The van der Waals surface area contributed by atoms with Crippen molar-refractivity contribution in [3.63, 3.8) is 0 Å². The fraction of sp³-hybridized carbons (Fsp3) is 0.250. The number of methoxy groups -OCH3 is 1. The molecule has 0 spiro atoms. The van der Waals surface area contributed by atoms with Gasteiger partial charge in [-0.25, -0.2) is 14.5 Å². The fourth-order valence-corrected chi connectivity index (χ4v) is 2.93. The summed E-state index contributed by atoms with van der Waals surface area (Å²) in [6.45, 7) is 1.79. The van der Waals surface area contributed by atoms with Gasteiger partial charge in [-0.2, -0.15) is 0 Å². The van der Waals surface area contributed by atoms with E-state index in [4.69, 9.17) is 14.2 Å². The Labute approximate surface area is 156 Å². The van der Waals surface area contributed by atoms with Crippen LogP contribution in [0.3, 0.4) is 0 Å². The normalized spacial score (nSPS) is 18.7. The molecule has 2 atom stereocenters. The molecule has 0 aromatic heterocycles. The lowest BCUT2D eigenvalue weighted by molar-refractivity contribution is -0.152. The summed E-state index contributed by atoms with van der Waals surface area (Å²) in [6.07, 6.45) is -2.12. The maximum absolute atomic E-state index is 12.9. The Morgan fingerprint density at radius 1 is 1.07 bits per heavy atom. The van der Waals surface area contributed by atoms with Gasteiger partial charge in [0, 0.05) is 5.56 Å². The SMILES string of the molecule is CCOC(=O)[C@H]1OC(=O)N(C(=O)c2ccccc2)[C@@H]1c1ccc(OC)cc1. The first-order chi connectivity index (χ1) is 13.1. The highest BCUT2D eigenvalue weighted by Crippen LogP contribution is 2.36. The van der Waals surface area contributed by atoms with Gasteiger partial charge in [-0.1, -0.05) is 30.3 Å². The van der Waals surface area contributed by atoms with E-state index in [-0.39, 0.29) is 6.61 Å². The van der Waals surface area contributed by atoms with E-state index in [0.717, 1.165) is 4.90 Å². The fourth-order valence-electron chi connectivity index (χ4n) is 2.93. The van der Waals surface area contributed by atoms with Gasteiger partial charge >= 0.3 is 12.1 Å². The molecule has 2 amide bonds. The molecule has 2 aromatic rings. The molecule has 1 aliphatic heterocycles. The van der Waals surface area contributed by atoms with Crippen LogP contribution < -0.4 is 4.74 Å². The van der Waals surface area contributed by atoms with Gasteiger partial charge in [0.05, 0.1) is 13.7 Å². The van der Waals surface area contributed by atoms with Gasteiger partial charge in [-0.15, -0.1) is 0 Å². The molecule has 1 aliphatic rings. The van der Waals surface area contributed by atoms with E-state index in [1.165, 1.54) is 7.11 Å². The predicted molar refractivity (Wildman–Crippen MR) is 95.2 cm³/mol. The van der Waals surface area contributed by atoms with Crippen molar-refractivity contribution in [2.75, 3.05) is 13.7 Å². The standard InChI is InChI=1S/C20H19NO6/c1-3-26-19(23)17-16(13-9-11-15(25-2)12-10-13)21(20(24)27-17)18(22)14-7-5-4-6-8-14/h4-12,16-17H,3H2,1-2H3/t16-,17+/m1/s1. The monoisotopic (exact) mass is 369 g/mol. The first-order valence-corrected chi connectivity index (χ1v) is 8.46. The number of hydrogen-bond donors (Lipinski definition) is 0. The lowest BCUT2D eigenvalue weighted by atomic mass is 9.99. The summed E-state index contributed by atoms with van der Waals surface area (Å²) in [7, 11) is 1.53. The van der Waals surface area contributed by atoms with Gasteiger partial charge in [0.1, 0.15) is 11.8 Å². The summed E-state index contributed by atoms with van der Waals surface area (Å²) in [4.78, 5) is 38.7. The molecule has 3 rings (SSSR count). The van der Waals surface area contributed by atoms with Crippen molar-refractivity contribution >= 4 is 18.0 Å². The van der Waals surface area contributed by atoms with E-state index in [0.29, 0.717) is 16.9 Å². The Hall–Kier alpha value is -3.35. The summed E-state index contributed by atoms with van der Waals surface area (Å²) in [5.41, 5.74) is 0.876. The molecular weight excluding hydrogens is 350 g/mol. The average molecular weight is 369 g/mol. The molecule has 2 aromatic carbocycles. The molecule has 7 heteroatoms. The van der Waals surface area contributed by atoms with E-state index < -0.39 is 30.1 Å². The number of esters is 1. The van der Waals surface area contributed by atoms with E-state index in [1.54, 1.807) is 61.5 Å². The Bertz CT molecular complexity index is 833. The minimum absolute atomic E-state index is 0.134. The van der Waals surface area contributed by atoms with Crippen LogP contribution in [0.25, 0.3) is 0 Å². The third-order valence-electron chi connectivity index (χ3n) is 4.21. The number of carbonyl (C=O) groups excluding carboxylic acids is 3. The van der Waals surface area contributed by atoms with Gasteiger partial charge in [0.2, 0.25) is 6.10 Å². The van der Waals surface area contributed by atoms with Crippen molar-refractivity contribution in [2.45, 2.75) is 19.1 Å².